The Labute approximate surface area is 192 Å². The summed E-state index contributed by atoms with van der Waals surface area (Å²) in [6, 6.07) is 8.56. The molecule has 0 spiro atoms. The van der Waals surface area contributed by atoms with Gasteiger partial charge in [-0.05, 0) is 53.7 Å². The molecule has 1 amide bonds. The highest BCUT2D eigenvalue weighted by molar-refractivity contribution is 5.73. The number of carbonyl (C=O) groups excluding carboxylic acids is 1. The molecule has 1 aromatic heterocycles. The Balaban J connectivity index is 1.89. The summed E-state index contributed by atoms with van der Waals surface area (Å²) in [5.74, 6) is 0.269. The third kappa shape index (κ3) is 5.78. The number of aliphatic hydroxyl groups is 1. The van der Waals surface area contributed by atoms with Gasteiger partial charge in [0.2, 0.25) is 5.91 Å². The van der Waals surface area contributed by atoms with Crippen LogP contribution in [0.2, 0.25) is 0 Å². The lowest BCUT2D eigenvalue weighted by Gasteiger charge is -2.40. The third-order valence-electron chi connectivity index (χ3n) is 6.60. The monoisotopic (exact) mass is 440 g/mol. The molecule has 1 unspecified atom stereocenters. The molecule has 176 valence electrons. The van der Waals surface area contributed by atoms with E-state index in [2.05, 4.69) is 79.7 Å². The molecule has 0 bridgehead atoms. The van der Waals surface area contributed by atoms with Gasteiger partial charge in [0.1, 0.15) is 0 Å². The van der Waals surface area contributed by atoms with Gasteiger partial charge in [-0.1, -0.05) is 58.9 Å². The van der Waals surface area contributed by atoms with E-state index in [0.717, 1.165) is 31.4 Å². The van der Waals surface area contributed by atoms with Crippen LogP contribution in [0.1, 0.15) is 76.8 Å². The number of H-pyrrole nitrogens is 1. The van der Waals surface area contributed by atoms with Crippen molar-refractivity contribution < 1.29 is 9.90 Å². The quantitative estimate of drug-likeness (QED) is 0.505. The van der Waals surface area contributed by atoms with Crippen LogP contribution in [0.25, 0.3) is 0 Å². The molecule has 6 heteroatoms. The van der Waals surface area contributed by atoms with Gasteiger partial charge in [-0.15, -0.1) is 0 Å². The molecule has 1 aromatic carbocycles. The summed E-state index contributed by atoms with van der Waals surface area (Å²) in [5, 5.41) is 25.2. The zero-order chi connectivity index (χ0) is 23.5. The van der Waals surface area contributed by atoms with E-state index in [-0.39, 0.29) is 22.9 Å². The molecule has 1 aliphatic carbocycles. The van der Waals surface area contributed by atoms with Gasteiger partial charge in [0.15, 0.2) is 0 Å². The molecule has 0 saturated heterocycles. The Bertz CT molecular complexity index is 915. The van der Waals surface area contributed by atoms with Crippen molar-refractivity contribution in [1.29, 1.82) is 0 Å². The lowest BCUT2D eigenvalue weighted by atomic mass is 9.74. The smallest absolute Gasteiger partial charge is 0.217 e. The van der Waals surface area contributed by atoms with Gasteiger partial charge in [0.05, 0.1) is 17.8 Å². The Morgan fingerprint density at radius 1 is 1.31 bits per heavy atom. The molecule has 4 N–H and O–H groups in total. The predicted octanol–water partition coefficient (Wildman–Crippen LogP) is 3.59. The second-order valence-corrected chi connectivity index (χ2v) is 10.8. The highest BCUT2D eigenvalue weighted by atomic mass is 16.3. The minimum Gasteiger partial charge on any atom is -0.390 e. The van der Waals surface area contributed by atoms with Crippen molar-refractivity contribution >= 4 is 5.91 Å². The van der Waals surface area contributed by atoms with E-state index in [1.165, 1.54) is 23.6 Å². The highest BCUT2D eigenvalue weighted by Crippen LogP contribution is 2.37. The average Bonchev–Trinajstić information content (AvgIpc) is 3.18. The molecule has 32 heavy (non-hydrogen) atoms. The molecule has 0 radical (unpaired) electrons. The summed E-state index contributed by atoms with van der Waals surface area (Å²) >= 11 is 0. The third-order valence-corrected chi connectivity index (χ3v) is 6.60. The van der Waals surface area contributed by atoms with Crippen LogP contribution in [-0.2, 0) is 28.6 Å². The van der Waals surface area contributed by atoms with Crippen LogP contribution in [0.15, 0.2) is 30.5 Å². The number of nitrogens with zero attached hydrogens (tertiary/aromatic N) is 1. The first-order valence-electron chi connectivity index (χ1n) is 11.8. The lowest BCUT2D eigenvalue weighted by Crippen LogP contribution is -2.54. The molecule has 0 fully saturated rings. The molecule has 0 saturated carbocycles. The number of aryl methyl sites for hydroxylation is 1. The lowest BCUT2D eigenvalue weighted by molar-refractivity contribution is -0.120. The first-order valence-corrected chi connectivity index (χ1v) is 11.8. The summed E-state index contributed by atoms with van der Waals surface area (Å²) in [4.78, 5) is 11.7. The fourth-order valence-electron chi connectivity index (χ4n) is 4.76. The van der Waals surface area contributed by atoms with E-state index in [4.69, 9.17) is 0 Å². The minimum absolute atomic E-state index is 0.0555. The number of aromatic nitrogens is 2. The number of carbonyl (C=O) groups is 1. The van der Waals surface area contributed by atoms with Gasteiger partial charge in [-0.2, -0.15) is 5.10 Å². The van der Waals surface area contributed by atoms with Crippen LogP contribution >= 0.6 is 0 Å². The van der Waals surface area contributed by atoms with Crippen LogP contribution in [0.5, 0.6) is 0 Å². The normalized spacial score (nSPS) is 20.6. The fraction of sp³-hybridized carbons (Fsp3) is 0.615. The van der Waals surface area contributed by atoms with Crippen LogP contribution in [0, 0.1) is 5.92 Å². The Kier molecular flexibility index (Phi) is 7.46. The van der Waals surface area contributed by atoms with Crippen LogP contribution < -0.4 is 10.6 Å². The van der Waals surface area contributed by atoms with Crippen molar-refractivity contribution in [3.8, 4) is 0 Å². The topological polar surface area (TPSA) is 90.0 Å². The molecule has 0 aliphatic heterocycles. The molecule has 1 aliphatic rings. The molecule has 1 heterocycles. The van der Waals surface area contributed by atoms with E-state index in [1.807, 2.05) is 6.20 Å². The van der Waals surface area contributed by atoms with Gasteiger partial charge < -0.3 is 15.7 Å². The maximum atomic E-state index is 11.7. The van der Waals surface area contributed by atoms with Gasteiger partial charge in [-0.3, -0.25) is 9.89 Å². The maximum absolute atomic E-state index is 11.7. The SMILES string of the molecule is CC(=O)N[C@@H](CC(C)C)[C@H](O)CNC1(c2cccc(C(C)(C)C)c2)CCc2n[nH]cc2C1. The average molecular weight is 441 g/mol. The number of fused-ring (bicyclic) bond motifs is 1. The summed E-state index contributed by atoms with van der Waals surface area (Å²) < 4.78 is 0. The number of aromatic amines is 1. The molecule has 3 atom stereocenters. The van der Waals surface area contributed by atoms with E-state index in [1.54, 1.807) is 0 Å². The van der Waals surface area contributed by atoms with Crippen molar-refractivity contribution in [2.24, 2.45) is 5.92 Å². The molecule has 6 nitrogen and oxygen atoms in total. The van der Waals surface area contributed by atoms with Crippen molar-refractivity contribution in [2.75, 3.05) is 6.54 Å². The van der Waals surface area contributed by atoms with Crippen molar-refractivity contribution in [2.45, 2.75) is 90.3 Å². The highest BCUT2D eigenvalue weighted by Gasteiger charge is 2.38. The second kappa shape index (κ2) is 9.75. The van der Waals surface area contributed by atoms with Gasteiger partial charge in [0.25, 0.3) is 0 Å². The number of hydrogen-bond acceptors (Lipinski definition) is 4. The first kappa shape index (κ1) is 24.5. The number of rotatable bonds is 8. The minimum atomic E-state index is -0.672. The molecular formula is C26H40N4O2. The number of nitrogens with one attached hydrogen (secondary N) is 3. The molecule has 3 rings (SSSR count). The fourth-order valence-corrected chi connectivity index (χ4v) is 4.76. The number of hydrogen-bond donors (Lipinski definition) is 4. The van der Waals surface area contributed by atoms with Crippen molar-refractivity contribution in [3.05, 3.63) is 52.8 Å². The van der Waals surface area contributed by atoms with E-state index in [0.29, 0.717) is 12.5 Å². The zero-order valence-corrected chi connectivity index (χ0v) is 20.5. The largest absolute Gasteiger partial charge is 0.390 e. The number of amides is 1. The van der Waals surface area contributed by atoms with Gasteiger partial charge in [0, 0.05) is 25.2 Å². The molecular weight excluding hydrogens is 400 g/mol. The van der Waals surface area contributed by atoms with Crippen molar-refractivity contribution in [3.63, 3.8) is 0 Å². The van der Waals surface area contributed by atoms with E-state index < -0.39 is 6.10 Å². The maximum Gasteiger partial charge on any atom is 0.217 e. The predicted molar refractivity (Wildman–Crippen MR) is 129 cm³/mol. The summed E-state index contributed by atoms with van der Waals surface area (Å²) in [6.07, 6.45) is 4.65. The van der Waals surface area contributed by atoms with Crippen LogP contribution in [-0.4, -0.2) is 39.9 Å². The Morgan fingerprint density at radius 3 is 2.72 bits per heavy atom. The first-order chi connectivity index (χ1) is 15.0. The second-order valence-electron chi connectivity index (χ2n) is 10.8. The summed E-state index contributed by atoms with van der Waals surface area (Å²) in [5.41, 5.74) is 4.65. The Morgan fingerprint density at radius 2 is 2.06 bits per heavy atom. The summed E-state index contributed by atoms with van der Waals surface area (Å²) in [7, 11) is 0. The molecule has 2 aromatic rings. The zero-order valence-electron chi connectivity index (χ0n) is 20.5. The van der Waals surface area contributed by atoms with Crippen molar-refractivity contribution in [1.82, 2.24) is 20.8 Å². The summed E-state index contributed by atoms with van der Waals surface area (Å²) in [6.45, 7) is 12.8. The van der Waals surface area contributed by atoms with Gasteiger partial charge in [-0.25, -0.2) is 0 Å². The Hall–Kier alpha value is -2.18. The number of benzene rings is 1. The van der Waals surface area contributed by atoms with E-state index in [9.17, 15) is 9.90 Å². The van der Waals surface area contributed by atoms with E-state index >= 15 is 0 Å². The van der Waals surface area contributed by atoms with Crippen LogP contribution in [0.3, 0.4) is 0 Å². The standard InChI is InChI=1S/C26H40N4O2/c1-17(2)12-23(29-18(3)31)24(32)16-27-26(11-10-22-19(14-26)15-28-30-22)21-9-7-8-20(13-21)25(4,5)6/h7-9,13,15,17,23-24,27,32H,10-12,14,16H2,1-6H3,(H,28,30)(H,29,31)/t23-,24+,26?/m0/s1. The number of aliphatic hydroxyl groups excluding tert-OH is 1. The van der Waals surface area contributed by atoms with Crippen LogP contribution in [0.4, 0.5) is 0 Å². The van der Waals surface area contributed by atoms with Gasteiger partial charge >= 0.3 is 0 Å².